The third-order valence-corrected chi connectivity index (χ3v) is 3.08. The van der Waals surface area contributed by atoms with E-state index in [1.54, 1.807) is 13.3 Å². The zero-order chi connectivity index (χ0) is 15.1. The van der Waals surface area contributed by atoms with E-state index in [4.69, 9.17) is 17.0 Å². The Labute approximate surface area is 129 Å². The molecule has 2 rings (SSSR count). The van der Waals surface area contributed by atoms with E-state index in [9.17, 15) is 0 Å². The van der Waals surface area contributed by atoms with Crippen molar-refractivity contribution < 1.29 is 4.74 Å². The molecule has 0 radical (unpaired) electrons. The van der Waals surface area contributed by atoms with E-state index >= 15 is 0 Å². The molecule has 2 aromatic rings. The molecule has 0 spiro atoms. The van der Waals surface area contributed by atoms with Gasteiger partial charge in [-0.3, -0.25) is 5.43 Å². The first-order valence-electron chi connectivity index (χ1n) is 6.49. The Balaban J connectivity index is 1.88. The lowest BCUT2D eigenvalue weighted by Crippen LogP contribution is -2.24. The Morgan fingerprint density at radius 2 is 1.86 bits per heavy atom. The molecule has 2 aromatic carbocycles. The maximum Gasteiger partial charge on any atom is 0.191 e. The second kappa shape index (κ2) is 7.40. The SMILES string of the molecule is COc1ccc(/C=N\NC(=S)Nc2ccccc2C)cc1. The van der Waals surface area contributed by atoms with Gasteiger partial charge < -0.3 is 10.1 Å². The van der Waals surface area contributed by atoms with Gasteiger partial charge in [-0.25, -0.2) is 0 Å². The number of hydrogen-bond acceptors (Lipinski definition) is 3. The number of anilines is 1. The van der Waals surface area contributed by atoms with E-state index in [1.807, 2.05) is 55.5 Å². The molecule has 4 nitrogen and oxygen atoms in total. The van der Waals surface area contributed by atoms with E-state index in [2.05, 4.69) is 15.8 Å². The Morgan fingerprint density at radius 3 is 2.52 bits per heavy atom. The van der Waals surface area contributed by atoms with Gasteiger partial charge in [0.1, 0.15) is 5.75 Å². The molecule has 0 unspecified atom stereocenters. The highest BCUT2D eigenvalue weighted by Crippen LogP contribution is 2.12. The minimum Gasteiger partial charge on any atom is -0.497 e. The van der Waals surface area contributed by atoms with Crippen molar-refractivity contribution in [2.24, 2.45) is 5.10 Å². The van der Waals surface area contributed by atoms with E-state index in [-0.39, 0.29) is 0 Å². The summed E-state index contributed by atoms with van der Waals surface area (Å²) < 4.78 is 5.10. The van der Waals surface area contributed by atoms with Crippen molar-refractivity contribution in [3.05, 3.63) is 59.7 Å². The van der Waals surface area contributed by atoms with Gasteiger partial charge >= 0.3 is 0 Å². The van der Waals surface area contributed by atoms with Crippen molar-refractivity contribution in [3.63, 3.8) is 0 Å². The van der Waals surface area contributed by atoms with Crippen LogP contribution in [0.25, 0.3) is 0 Å². The van der Waals surface area contributed by atoms with Gasteiger partial charge in [0.2, 0.25) is 0 Å². The van der Waals surface area contributed by atoms with Crippen LogP contribution in [-0.2, 0) is 0 Å². The summed E-state index contributed by atoms with van der Waals surface area (Å²) in [4.78, 5) is 0. The van der Waals surface area contributed by atoms with Gasteiger partial charge in [-0.2, -0.15) is 5.10 Å². The van der Waals surface area contributed by atoms with Crippen LogP contribution in [0, 0.1) is 6.92 Å². The van der Waals surface area contributed by atoms with Gasteiger partial charge in [0.15, 0.2) is 5.11 Å². The fraction of sp³-hybridized carbons (Fsp3) is 0.125. The molecular formula is C16H17N3OS. The quantitative estimate of drug-likeness (QED) is 0.516. The van der Waals surface area contributed by atoms with Crippen LogP contribution in [0.5, 0.6) is 5.75 Å². The van der Waals surface area contributed by atoms with Crippen LogP contribution < -0.4 is 15.5 Å². The molecule has 0 aromatic heterocycles. The predicted molar refractivity (Wildman–Crippen MR) is 91.1 cm³/mol. The highest BCUT2D eigenvalue weighted by molar-refractivity contribution is 7.80. The van der Waals surface area contributed by atoms with E-state index in [1.165, 1.54) is 0 Å². The van der Waals surface area contributed by atoms with E-state index in [0.717, 1.165) is 22.6 Å². The molecule has 0 saturated heterocycles. The first-order chi connectivity index (χ1) is 10.2. The molecule has 0 aliphatic rings. The molecular weight excluding hydrogens is 282 g/mol. The largest absolute Gasteiger partial charge is 0.497 e. The Kier molecular flexibility index (Phi) is 5.29. The summed E-state index contributed by atoms with van der Waals surface area (Å²) in [6, 6.07) is 15.5. The standard InChI is InChI=1S/C16H17N3OS/c1-12-5-3-4-6-15(12)18-16(21)19-17-11-13-7-9-14(20-2)10-8-13/h3-11H,1-2H3,(H2,18,19,21)/b17-11-. The van der Waals surface area contributed by atoms with E-state index in [0.29, 0.717) is 5.11 Å². The highest BCUT2D eigenvalue weighted by Gasteiger charge is 1.98. The minimum absolute atomic E-state index is 0.453. The summed E-state index contributed by atoms with van der Waals surface area (Å²) in [5, 5.41) is 7.66. The van der Waals surface area contributed by atoms with Gasteiger partial charge in [0.05, 0.1) is 13.3 Å². The molecule has 21 heavy (non-hydrogen) atoms. The van der Waals surface area contributed by atoms with Crippen molar-refractivity contribution in [2.75, 3.05) is 12.4 Å². The number of nitrogens with one attached hydrogen (secondary N) is 2. The fourth-order valence-electron chi connectivity index (χ4n) is 1.72. The molecule has 0 atom stereocenters. The molecule has 0 heterocycles. The number of nitrogens with zero attached hydrogens (tertiary/aromatic N) is 1. The van der Waals surface area contributed by atoms with Gasteiger partial charge in [-0.15, -0.1) is 0 Å². The number of thiocarbonyl (C=S) groups is 1. The first-order valence-corrected chi connectivity index (χ1v) is 6.89. The molecule has 0 saturated carbocycles. The fourth-order valence-corrected chi connectivity index (χ4v) is 1.88. The number of ether oxygens (including phenoxy) is 1. The average Bonchev–Trinajstić information content (AvgIpc) is 2.50. The first kappa shape index (κ1) is 15.0. The van der Waals surface area contributed by atoms with Crippen molar-refractivity contribution in [1.82, 2.24) is 5.43 Å². The van der Waals surface area contributed by atoms with Crippen molar-refractivity contribution >= 4 is 29.2 Å². The molecule has 0 aliphatic heterocycles. The summed E-state index contributed by atoms with van der Waals surface area (Å²) >= 11 is 5.19. The maximum atomic E-state index is 5.19. The van der Waals surface area contributed by atoms with Gasteiger partial charge in [-0.05, 0) is 60.6 Å². The van der Waals surface area contributed by atoms with Crippen LogP contribution in [0.15, 0.2) is 53.6 Å². The molecule has 0 aliphatic carbocycles. The predicted octanol–water partition coefficient (Wildman–Crippen LogP) is 3.32. The number of aryl methyl sites for hydroxylation is 1. The van der Waals surface area contributed by atoms with Crippen LogP contribution >= 0.6 is 12.2 Å². The number of benzene rings is 2. The lowest BCUT2D eigenvalue weighted by Gasteiger charge is -2.09. The van der Waals surface area contributed by atoms with Crippen LogP contribution in [0.4, 0.5) is 5.69 Å². The smallest absolute Gasteiger partial charge is 0.191 e. The van der Waals surface area contributed by atoms with Crippen LogP contribution in [0.3, 0.4) is 0 Å². The topological polar surface area (TPSA) is 45.6 Å². The molecule has 0 amide bonds. The third-order valence-electron chi connectivity index (χ3n) is 2.89. The van der Waals surface area contributed by atoms with Gasteiger partial charge in [0, 0.05) is 5.69 Å². The number of para-hydroxylation sites is 1. The average molecular weight is 299 g/mol. The normalized spacial score (nSPS) is 10.4. The van der Waals surface area contributed by atoms with Crippen molar-refractivity contribution in [2.45, 2.75) is 6.92 Å². The van der Waals surface area contributed by atoms with Crippen LogP contribution in [0.1, 0.15) is 11.1 Å². The molecule has 0 fully saturated rings. The number of hydrazone groups is 1. The van der Waals surface area contributed by atoms with Gasteiger partial charge in [-0.1, -0.05) is 18.2 Å². The number of methoxy groups -OCH3 is 1. The second-order valence-corrected chi connectivity index (χ2v) is 4.82. The summed E-state index contributed by atoms with van der Waals surface area (Å²) in [5.74, 6) is 0.817. The Morgan fingerprint density at radius 1 is 1.14 bits per heavy atom. The van der Waals surface area contributed by atoms with Gasteiger partial charge in [0.25, 0.3) is 0 Å². The van der Waals surface area contributed by atoms with Crippen LogP contribution in [-0.4, -0.2) is 18.4 Å². The second-order valence-electron chi connectivity index (χ2n) is 4.41. The summed E-state index contributed by atoms with van der Waals surface area (Å²) in [7, 11) is 1.64. The summed E-state index contributed by atoms with van der Waals surface area (Å²) in [5.41, 5.74) is 5.85. The Bertz CT molecular complexity index is 638. The minimum atomic E-state index is 0.453. The summed E-state index contributed by atoms with van der Waals surface area (Å²) in [6.07, 6.45) is 1.70. The zero-order valence-corrected chi connectivity index (χ0v) is 12.8. The molecule has 5 heteroatoms. The van der Waals surface area contributed by atoms with Crippen molar-refractivity contribution in [1.29, 1.82) is 0 Å². The lowest BCUT2D eigenvalue weighted by atomic mass is 10.2. The monoisotopic (exact) mass is 299 g/mol. The van der Waals surface area contributed by atoms with Crippen LogP contribution in [0.2, 0.25) is 0 Å². The number of hydrogen-bond donors (Lipinski definition) is 2. The molecule has 108 valence electrons. The maximum absolute atomic E-state index is 5.19. The Hall–Kier alpha value is -2.40. The number of rotatable bonds is 4. The molecule has 0 bridgehead atoms. The third kappa shape index (κ3) is 4.57. The highest BCUT2D eigenvalue weighted by atomic mass is 32.1. The summed E-state index contributed by atoms with van der Waals surface area (Å²) in [6.45, 7) is 2.02. The van der Waals surface area contributed by atoms with E-state index < -0.39 is 0 Å². The molecule has 2 N–H and O–H groups in total. The zero-order valence-electron chi connectivity index (χ0n) is 12.0. The lowest BCUT2D eigenvalue weighted by molar-refractivity contribution is 0.415. The van der Waals surface area contributed by atoms with Crippen molar-refractivity contribution in [3.8, 4) is 5.75 Å².